The standard InChI is InChI=1S/C24H32N2O2S2/c1-5-28-23(27)20-18-12-8-6-7-9-14-19(18)30-22(20)26-24(29)25-21-16(4)11-10-13-17(21)15(2)3/h10-11,13,15H,5-9,12,14H2,1-4H3,(H2,25,26,29). The number of anilines is 2. The van der Waals surface area contributed by atoms with E-state index in [-0.39, 0.29) is 5.97 Å². The van der Waals surface area contributed by atoms with Crippen LogP contribution < -0.4 is 10.6 Å². The van der Waals surface area contributed by atoms with Crippen LogP contribution in [0, 0.1) is 6.92 Å². The molecule has 0 unspecified atom stereocenters. The fourth-order valence-electron chi connectivity index (χ4n) is 4.02. The number of carbonyl (C=O) groups is 1. The van der Waals surface area contributed by atoms with E-state index in [1.165, 1.54) is 29.7 Å². The lowest BCUT2D eigenvalue weighted by molar-refractivity contribution is 0.0526. The van der Waals surface area contributed by atoms with Gasteiger partial charge in [0.05, 0.1) is 12.2 Å². The third kappa shape index (κ3) is 5.22. The number of hydrogen-bond acceptors (Lipinski definition) is 4. The maximum Gasteiger partial charge on any atom is 0.341 e. The Kier molecular flexibility index (Phi) is 7.89. The zero-order valence-electron chi connectivity index (χ0n) is 18.4. The van der Waals surface area contributed by atoms with Crippen LogP contribution >= 0.6 is 23.6 Å². The molecule has 0 radical (unpaired) electrons. The number of ether oxygens (including phenoxy) is 1. The lowest BCUT2D eigenvalue weighted by Gasteiger charge is -2.18. The minimum absolute atomic E-state index is 0.250. The predicted octanol–water partition coefficient (Wildman–Crippen LogP) is 6.82. The number of aryl methyl sites for hydroxylation is 2. The molecule has 2 aromatic rings. The van der Waals surface area contributed by atoms with E-state index >= 15 is 0 Å². The van der Waals surface area contributed by atoms with Crippen LogP contribution in [0.25, 0.3) is 0 Å². The summed E-state index contributed by atoms with van der Waals surface area (Å²) >= 11 is 7.31. The van der Waals surface area contributed by atoms with Crippen molar-refractivity contribution in [3.63, 3.8) is 0 Å². The molecule has 1 aliphatic rings. The van der Waals surface area contributed by atoms with E-state index in [2.05, 4.69) is 49.6 Å². The van der Waals surface area contributed by atoms with E-state index < -0.39 is 0 Å². The van der Waals surface area contributed by atoms with Gasteiger partial charge in [0, 0.05) is 10.6 Å². The van der Waals surface area contributed by atoms with Crippen LogP contribution in [-0.2, 0) is 17.6 Å². The van der Waals surface area contributed by atoms with Gasteiger partial charge in [-0.3, -0.25) is 0 Å². The summed E-state index contributed by atoms with van der Waals surface area (Å²) in [5.74, 6) is 0.131. The second kappa shape index (κ2) is 10.4. The van der Waals surface area contributed by atoms with Crippen molar-refractivity contribution in [2.45, 2.75) is 72.1 Å². The Labute approximate surface area is 189 Å². The Morgan fingerprint density at radius 1 is 1.17 bits per heavy atom. The lowest BCUT2D eigenvalue weighted by Crippen LogP contribution is -2.22. The van der Waals surface area contributed by atoms with Gasteiger partial charge in [-0.15, -0.1) is 11.3 Å². The van der Waals surface area contributed by atoms with E-state index in [1.54, 1.807) is 11.3 Å². The van der Waals surface area contributed by atoms with Crippen molar-refractivity contribution in [3.8, 4) is 0 Å². The van der Waals surface area contributed by atoms with Crippen molar-refractivity contribution in [1.82, 2.24) is 0 Å². The van der Waals surface area contributed by atoms with E-state index in [1.807, 2.05) is 6.92 Å². The summed E-state index contributed by atoms with van der Waals surface area (Å²) in [5, 5.41) is 8.02. The highest BCUT2D eigenvalue weighted by Gasteiger charge is 2.26. The van der Waals surface area contributed by atoms with Crippen molar-refractivity contribution in [2.75, 3.05) is 17.2 Å². The first-order valence-corrected chi connectivity index (χ1v) is 12.1. The summed E-state index contributed by atoms with van der Waals surface area (Å²) in [6.45, 7) is 8.65. The molecule has 2 N–H and O–H groups in total. The maximum absolute atomic E-state index is 12.8. The average Bonchev–Trinajstić information content (AvgIpc) is 2.99. The van der Waals surface area contributed by atoms with Gasteiger partial charge >= 0.3 is 5.97 Å². The molecule has 1 heterocycles. The lowest BCUT2D eigenvalue weighted by atomic mass is 9.96. The quantitative estimate of drug-likeness (QED) is 0.391. The molecule has 0 spiro atoms. The number of rotatable bonds is 5. The monoisotopic (exact) mass is 444 g/mol. The van der Waals surface area contributed by atoms with Crippen molar-refractivity contribution in [3.05, 3.63) is 45.3 Å². The highest BCUT2D eigenvalue weighted by atomic mass is 32.1. The molecule has 0 aliphatic heterocycles. The first-order valence-electron chi connectivity index (χ1n) is 10.9. The number of benzene rings is 1. The van der Waals surface area contributed by atoms with E-state index in [0.717, 1.165) is 41.1 Å². The Morgan fingerprint density at radius 3 is 2.60 bits per heavy atom. The molecule has 1 aromatic carbocycles. The number of thiocarbonyl (C=S) groups is 1. The van der Waals surface area contributed by atoms with E-state index in [9.17, 15) is 4.79 Å². The number of esters is 1. The summed E-state index contributed by atoms with van der Waals surface area (Å²) in [4.78, 5) is 14.1. The molecule has 6 heteroatoms. The number of thiophene rings is 1. The fourth-order valence-corrected chi connectivity index (χ4v) is 5.57. The van der Waals surface area contributed by atoms with Gasteiger partial charge in [0.2, 0.25) is 0 Å². The molecule has 0 saturated carbocycles. The van der Waals surface area contributed by atoms with Crippen LogP contribution in [0.4, 0.5) is 10.7 Å². The predicted molar refractivity (Wildman–Crippen MR) is 131 cm³/mol. The summed E-state index contributed by atoms with van der Waals surface area (Å²) < 4.78 is 5.40. The number of carbonyl (C=O) groups excluding carboxylic acids is 1. The molecule has 3 rings (SSSR count). The molecule has 4 nitrogen and oxygen atoms in total. The van der Waals surface area contributed by atoms with Crippen molar-refractivity contribution < 1.29 is 9.53 Å². The van der Waals surface area contributed by atoms with Crippen LogP contribution in [0.5, 0.6) is 0 Å². The van der Waals surface area contributed by atoms with Crippen molar-refractivity contribution in [2.24, 2.45) is 0 Å². The molecular weight excluding hydrogens is 412 g/mol. The molecule has 162 valence electrons. The van der Waals surface area contributed by atoms with Gasteiger partial charge in [0.1, 0.15) is 5.00 Å². The van der Waals surface area contributed by atoms with Gasteiger partial charge in [-0.1, -0.05) is 44.9 Å². The Hall–Kier alpha value is -1.92. The summed E-state index contributed by atoms with van der Waals surface area (Å²) in [5.41, 5.74) is 5.24. The second-order valence-corrected chi connectivity index (χ2v) is 9.63. The van der Waals surface area contributed by atoms with E-state index in [4.69, 9.17) is 17.0 Å². The summed E-state index contributed by atoms with van der Waals surface area (Å²) in [6, 6.07) is 6.28. The fraction of sp³-hybridized carbons (Fsp3) is 0.500. The van der Waals surface area contributed by atoms with Gasteiger partial charge in [-0.2, -0.15) is 0 Å². The highest BCUT2D eigenvalue weighted by Crippen LogP contribution is 2.38. The van der Waals surface area contributed by atoms with Crippen LogP contribution in [-0.4, -0.2) is 17.7 Å². The maximum atomic E-state index is 12.8. The minimum Gasteiger partial charge on any atom is -0.462 e. The van der Waals surface area contributed by atoms with Gasteiger partial charge in [-0.05, 0) is 74.4 Å². The van der Waals surface area contributed by atoms with Crippen LogP contribution in [0.1, 0.15) is 84.3 Å². The smallest absolute Gasteiger partial charge is 0.341 e. The molecule has 0 fully saturated rings. The molecule has 0 bridgehead atoms. The molecule has 0 saturated heterocycles. The van der Waals surface area contributed by atoms with Crippen LogP contribution in [0.3, 0.4) is 0 Å². The third-order valence-electron chi connectivity index (χ3n) is 5.54. The Bertz CT molecular complexity index is 918. The van der Waals surface area contributed by atoms with Crippen LogP contribution in [0.15, 0.2) is 18.2 Å². The first-order chi connectivity index (χ1) is 14.4. The van der Waals surface area contributed by atoms with Crippen molar-refractivity contribution >= 4 is 45.3 Å². The third-order valence-corrected chi connectivity index (χ3v) is 6.95. The van der Waals surface area contributed by atoms with Crippen molar-refractivity contribution in [1.29, 1.82) is 0 Å². The first kappa shape index (κ1) is 22.8. The van der Waals surface area contributed by atoms with Gasteiger partial charge in [-0.25, -0.2) is 4.79 Å². The summed E-state index contributed by atoms with van der Waals surface area (Å²) in [6.07, 6.45) is 6.68. The van der Waals surface area contributed by atoms with E-state index in [0.29, 0.717) is 23.2 Å². The zero-order chi connectivity index (χ0) is 21.7. The molecule has 30 heavy (non-hydrogen) atoms. The number of fused-ring (bicyclic) bond motifs is 1. The second-order valence-electron chi connectivity index (χ2n) is 8.12. The number of para-hydroxylation sites is 1. The molecule has 0 atom stereocenters. The largest absolute Gasteiger partial charge is 0.462 e. The molecule has 1 aromatic heterocycles. The average molecular weight is 445 g/mol. The topological polar surface area (TPSA) is 50.4 Å². The number of nitrogens with one attached hydrogen (secondary N) is 2. The van der Waals surface area contributed by atoms with Gasteiger partial charge < -0.3 is 15.4 Å². The molecular formula is C24H32N2O2S2. The summed E-state index contributed by atoms with van der Waals surface area (Å²) in [7, 11) is 0. The Balaban J connectivity index is 1.90. The number of hydrogen-bond donors (Lipinski definition) is 2. The minimum atomic E-state index is -0.250. The molecule has 0 amide bonds. The van der Waals surface area contributed by atoms with Gasteiger partial charge in [0.15, 0.2) is 5.11 Å². The highest BCUT2D eigenvalue weighted by molar-refractivity contribution is 7.80. The van der Waals surface area contributed by atoms with Crippen LogP contribution in [0.2, 0.25) is 0 Å². The molecule has 1 aliphatic carbocycles. The van der Waals surface area contributed by atoms with Gasteiger partial charge in [0.25, 0.3) is 0 Å². The Morgan fingerprint density at radius 2 is 1.90 bits per heavy atom. The SMILES string of the molecule is CCOC(=O)c1c(NC(=S)Nc2c(C)cccc2C(C)C)sc2c1CCCCCC2. The zero-order valence-corrected chi connectivity index (χ0v) is 20.0. The normalized spacial score (nSPS) is 13.9.